The van der Waals surface area contributed by atoms with Gasteiger partial charge in [0.05, 0.1) is 6.10 Å². The third-order valence-corrected chi connectivity index (χ3v) is 1.94. The third-order valence-electron chi connectivity index (χ3n) is 0.961. The van der Waals surface area contributed by atoms with Crippen LogP contribution in [0.3, 0.4) is 0 Å². The molecule has 0 saturated heterocycles. The molecule has 0 aliphatic heterocycles. The molecule has 0 aromatic heterocycles. The van der Waals surface area contributed by atoms with Crippen LogP contribution in [0.4, 0.5) is 0 Å². The van der Waals surface area contributed by atoms with Crippen molar-refractivity contribution in [1.82, 2.24) is 0 Å². The van der Waals surface area contributed by atoms with Gasteiger partial charge in [0.1, 0.15) is 0 Å². The van der Waals surface area contributed by atoms with Crippen LogP contribution in [0.2, 0.25) is 0 Å². The van der Waals surface area contributed by atoms with Gasteiger partial charge in [-0.1, -0.05) is 29.5 Å². The molecule has 0 spiro atoms. The summed E-state index contributed by atoms with van der Waals surface area (Å²) in [5.74, 6) is 0. The summed E-state index contributed by atoms with van der Waals surface area (Å²) in [6.07, 6.45) is 1.60. The first-order valence-electron chi connectivity index (χ1n) is 2.43. The zero-order valence-electron chi connectivity index (χ0n) is 4.78. The number of hydrogen-bond acceptors (Lipinski definition) is 1. The lowest BCUT2D eigenvalue weighted by Crippen LogP contribution is -2.09. The van der Waals surface area contributed by atoms with Crippen molar-refractivity contribution in [3.8, 4) is 0 Å². The Morgan fingerprint density at radius 2 is 2.29 bits per heavy atom. The first kappa shape index (κ1) is 7.69. The van der Waals surface area contributed by atoms with Gasteiger partial charge in [-0.05, 0) is 6.42 Å². The number of alkyl halides is 1. The Balaban J connectivity index is 2.99. The molecule has 1 unspecified atom stereocenters. The molecule has 0 heterocycles. The van der Waals surface area contributed by atoms with Crippen LogP contribution in [0, 0.1) is 0 Å². The van der Waals surface area contributed by atoms with Gasteiger partial charge in [0, 0.05) is 11.5 Å². The van der Waals surface area contributed by atoms with Crippen LogP contribution in [0.25, 0.3) is 0 Å². The van der Waals surface area contributed by atoms with Crippen LogP contribution in [0.5, 0.6) is 0 Å². The molecule has 0 amide bonds. The van der Waals surface area contributed by atoms with Crippen LogP contribution in [-0.4, -0.2) is 17.6 Å². The highest BCUT2D eigenvalue weighted by molar-refractivity contribution is 14.1. The molecular formula is C5H11IO. The number of methoxy groups -OCH3 is 1. The molecule has 0 radical (unpaired) electrons. The maximum atomic E-state index is 5.04. The quantitative estimate of drug-likeness (QED) is 0.514. The third kappa shape index (κ3) is 3.29. The average molecular weight is 214 g/mol. The predicted molar refractivity (Wildman–Crippen MR) is 40.0 cm³/mol. The molecular weight excluding hydrogens is 203 g/mol. The Hall–Kier alpha value is 0.690. The number of rotatable bonds is 3. The van der Waals surface area contributed by atoms with Crippen molar-refractivity contribution in [3.63, 3.8) is 0 Å². The maximum absolute atomic E-state index is 5.04. The van der Waals surface area contributed by atoms with Crippen molar-refractivity contribution in [2.75, 3.05) is 11.5 Å². The Morgan fingerprint density at radius 1 is 1.71 bits per heavy atom. The average Bonchev–Trinajstić information content (AvgIpc) is 1.72. The molecule has 1 nitrogen and oxygen atoms in total. The highest BCUT2D eigenvalue weighted by Crippen LogP contribution is 1.99. The smallest absolute Gasteiger partial charge is 0.0658 e. The van der Waals surface area contributed by atoms with Gasteiger partial charge in [0.2, 0.25) is 0 Å². The molecule has 0 fully saturated rings. The van der Waals surface area contributed by atoms with Crippen molar-refractivity contribution in [3.05, 3.63) is 0 Å². The molecule has 0 bridgehead atoms. The fraction of sp³-hybridized carbons (Fsp3) is 1.00. The Labute approximate surface area is 58.6 Å². The summed E-state index contributed by atoms with van der Waals surface area (Å²) in [5, 5.41) is 0. The lowest BCUT2D eigenvalue weighted by molar-refractivity contribution is 0.121. The molecule has 44 valence electrons. The number of ether oxygens (including phenoxy) is 1. The van der Waals surface area contributed by atoms with Crippen LogP contribution >= 0.6 is 22.6 Å². The molecule has 0 aliphatic rings. The van der Waals surface area contributed by atoms with Gasteiger partial charge in [-0.25, -0.2) is 0 Å². The van der Waals surface area contributed by atoms with E-state index in [1.165, 1.54) is 0 Å². The predicted octanol–water partition coefficient (Wildman–Crippen LogP) is 1.85. The molecule has 1 atom stereocenters. The van der Waals surface area contributed by atoms with E-state index in [0.29, 0.717) is 6.10 Å². The highest BCUT2D eigenvalue weighted by Gasteiger charge is 1.97. The van der Waals surface area contributed by atoms with E-state index in [0.717, 1.165) is 10.8 Å². The van der Waals surface area contributed by atoms with Crippen LogP contribution < -0.4 is 0 Å². The fourth-order valence-electron chi connectivity index (χ4n) is 0.339. The summed E-state index contributed by atoms with van der Waals surface area (Å²) in [6, 6.07) is 0. The normalized spacial score (nSPS) is 14.1. The molecule has 0 N–H and O–H groups in total. The van der Waals surface area contributed by atoms with Crippen molar-refractivity contribution in [2.45, 2.75) is 19.4 Å². The van der Waals surface area contributed by atoms with E-state index in [4.69, 9.17) is 4.74 Å². The second-order valence-corrected chi connectivity index (χ2v) is 2.30. The Kier molecular flexibility index (Phi) is 5.32. The Morgan fingerprint density at radius 3 is 2.29 bits per heavy atom. The van der Waals surface area contributed by atoms with Crippen LogP contribution in [0.15, 0.2) is 0 Å². The molecule has 0 saturated carbocycles. The standard InChI is InChI=1S/C5H11IO/c1-3-5(4-6)7-2/h5H,3-4H2,1-2H3. The minimum absolute atomic E-state index is 0.473. The summed E-state index contributed by atoms with van der Waals surface area (Å²) in [5.41, 5.74) is 0. The Bertz CT molecular complexity index is 29.6. The summed E-state index contributed by atoms with van der Waals surface area (Å²) >= 11 is 2.32. The van der Waals surface area contributed by atoms with E-state index in [2.05, 4.69) is 29.5 Å². The minimum atomic E-state index is 0.473. The van der Waals surface area contributed by atoms with Gasteiger partial charge in [-0.2, -0.15) is 0 Å². The van der Waals surface area contributed by atoms with E-state index in [-0.39, 0.29) is 0 Å². The zero-order chi connectivity index (χ0) is 5.70. The molecule has 0 rings (SSSR count). The van der Waals surface area contributed by atoms with E-state index in [1.807, 2.05) is 0 Å². The van der Waals surface area contributed by atoms with Gasteiger partial charge < -0.3 is 4.74 Å². The molecule has 2 heteroatoms. The van der Waals surface area contributed by atoms with E-state index in [1.54, 1.807) is 7.11 Å². The highest BCUT2D eigenvalue weighted by atomic mass is 127. The summed E-state index contributed by atoms with van der Waals surface area (Å²) in [4.78, 5) is 0. The lowest BCUT2D eigenvalue weighted by atomic mass is 10.3. The SMILES string of the molecule is CCC(CI)OC. The maximum Gasteiger partial charge on any atom is 0.0658 e. The minimum Gasteiger partial charge on any atom is -0.381 e. The van der Waals surface area contributed by atoms with Gasteiger partial charge in [-0.3, -0.25) is 0 Å². The summed E-state index contributed by atoms with van der Waals surface area (Å²) in [7, 11) is 1.76. The van der Waals surface area contributed by atoms with Crippen molar-refractivity contribution in [1.29, 1.82) is 0 Å². The first-order chi connectivity index (χ1) is 3.35. The van der Waals surface area contributed by atoms with E-state index in [9.17, 15) is 0 Å². The molecule has 0 aromatic rings. The van der Waals surface area contributed by atoms with Gasteiger partial charge in [-0.15, -0.1) is 0 Å². The van der Waals surface area contributed by atoms with Gasteiger partial charge in [0.25, 0.3) is 0 Å². The lowest BCUT2D eigenvalue weighted by Gasteiger charge is -2.06. The van der Waals surface area contributed by atoms with Crippen LogP contribution in [0.1, 0.15) is 13.3 Å². The van der Waals surface area contributed by atoms with Crippen LogP contribution in [-0.2, 0) is 4.74 Å². The second-order valence-electron chi connectivity index (χ2n) is 1.42. The number of halogens is 1. The van der Waals surface area contributed by atoms with Gasteiger partial charge >= 0.3 is 0 Å². The number of hydrogen-bond donors (Lipinski definition) is 0. The largest absolute Gasteiger partial charge is 0.381 e. The second kappa shape index (κ2) is 4.84. The van der Waals surface area contributed by atoms with Gasteiger partial charge in [0.15, 0.2) is 0 Å². The van der Waals surface area contributed by atoms with E-state index < -0.39 is 0 Å². The summed E-state index contributed by atoms with van der Waals surface area (Å²) in [6.45, 7) is 2.13. The van der Waals surface area contributed by atoms with Crippen molar-refractivity contribution < 1.29 is 4.74 Å². The van der Waals surface area contributed by atoms with E-state index >= 15 is 0 Å². The fourth-order valence-corrected chi connectivity index (χ4v) is 1.32. The van der Waals surface area contributed by atoms with Crippen molar-refractivity contribution in [2.24, 2.45) is 0 Å². The molecule has 0 aliphatic carbocycles. The molecule has 7 heavy (non-hydrogen) atoms. The summed E-state index contributed by atoms with van der Waals surface area (Å²) < 4.78 is 6.14. The first-order valence-corrected chi connectivity index (χ1v) is 3.96. The molecule has 0 aromatic carbocycles. The van der Waals surface area contributed by atoms with Crippen molar-refractivity contribution >= 4 is 22.6 Å². The topological polar surface area (TPSA) is 9.23 Å². The zero-order valence-corrected chi connectivity index (χ0v) is 6.94. The monoisotopic (exact) mass is 214 g/mol.